The number of aromatic nitrogens is 2. The summed E-state index contributed by atoms with van der Waals surface area (Å²) in [6.07, 6.45) is 1.86. The molecule has 0 unspecified atom stereocenters. The van der Waals surface area contributed by atoms with Crippen LogP contribution in [0.4, 0.5) is 0 Å². The van der Waals surface area contributed by atoms with Crippen LogP contribution in [-0.4, -0.2) is 29.2 Å². The summed E-state index contributed by atoms with van der Waals surface area (Å²) in [5.41, 5.74) is 2.43. The monoisotopic (exact) mass is 536 g/mol. The highest BCUT2D eigenvalue weighted by Gasteiger charge is 2.11. The molecule has 5 rings (SSSR count). The molecule has 0 aliphatic carbocycles. The lowest BCUT2D eigenvalue weighted by Gasteiger charge is -2.13. The van der Waals surface area contributed by atoms with E-state index in [4.69, 9.17) is 14.2 Å². The van der Waals surface area contributed by atoms with Crippen LogP contribution in [0.25, 0.3) is 22.1 Å². The molecule has 34 heavy (non-hydrogen) atoms. The average molecular weight is 537 g/mol. The predicted molar refractivity (Wildman–Crippen MR) is 138 cm³/mol. The maximum Gasteiger partial charge on any atom is 0.274 e. The van der Waals surface area contributed by atoms with Crippen molar-refractivity contribution in [3.63, 3.8) is 0 Å². The zero-order chi connectivity index (χ0) is 23.5. The molecule has 0 bridgehead atoms. The number of ether oxygens (including phenoxy) is 3. The van der Waals surface area contributed by atoms with E-state index in [2.05, 4.69) is 20.9 Å². The second-order valence-electron chi connectivity index (χ2n) is 7.42. The summed E-state index contributed by atoms with van der Waals surface area (Å²) in [4.78, 5) is 18.3. The Balaban J connectivity index is 1.35. The molecule has 0 fully saturated rings. The molecule has 0 spiro atoms. The van der Waals surface area contributed by atoms with E-state index in [1.165, 1.54) is 11.3 Å². The first-order valence-electron chi connectivity index (χ1n) is 10.8. The minimum Gasteiger partial charge on any atom is -0.490 e. The molecule has 6 nitrogen and oxygen atoms in total. The van der Waals surface area contributed by atoms with Gasteiger partial charge >= 0.3 is 0 Å². The lowest BCUT2D eigenvalue weighted by atomic mass is 10.2. The normalized spacial score (nSPS) is 11.9. The molecule has 0 saturated carbocycles. The summed E-state index contributed by atoms with van der Waals surface area (Å²) in [6, 6.07) is 21.0. The molecule has 0 radical (unpaired) electrons. The number of hydrogen-bond donors (Lipinski definition) is 0. The van der Waals surface area contributed by atoms with Gasteiger partial charge in [0.2, 0.25) is 0 Å². The summed E-state index contributed by atoms with van der Waals surface area (Å²) < 4.78 is 20.7. The van der Waals surface area contributed by atoms with Crippen LogP contribution in [0.5, 0.6) is 17.2 Å². The minimum atomic E-state index is -0.0722. The van der Waals surface area contributed by atoms with Crippen molar-refractivity contribution < 1.29 is 14.2 Å². The number of thiazole rings is 1. The van der Waals surface area contributed by atoms with Crippen LogP contribution in [0.3, 0.4) is 0 Å². The molecule has 2 heterocycles. The Bertz CT molecular complexity index is 1560. The first kappa shape index (κ1) is 22.4. The molecule has 172 valence electrons. The van der Waals surface area contributed by atoms with Gasteiger partial charge in [-0.1, -0.05) is 45.5 Å². The summed E-state index contributed by atoms with van der Waals surface area (Å²) in [5, 5.41) is 0. The second kappa shape index (κ2) is 9.87. The van der Waals surface area contributed by atoms with Crippen LogP contribution in [0.2, 0.25) is 0 Å². The van der Waals surface area contributed by atoms with Gasteiger partial charge in [0.15, 0.2) is 16.5 Å². The number of rotatable bonds is 8. The molecule has 0 amide bonds. The van der Waals surface area contributed by atoms with Crippen molar-refractivity contribution >= 4 is 49.3 Å². The van der Waals surface area contributed by atoms with Crippen molar-refractivity contribution in [1.82, 2.24) is 9.38 Å². The smallest absolute Gasteiger partial charge is 0.274 e. The van der Waals surface area contributed by atoms with Crippen LogP contribution in [0, 0.1) is 0 Å². The lowest BCUT2D eigenvalue weighted by Crippen LogP contribution is -2.22. The molecule has 0 N–H and O–H groups in total. The summed E-state index contributed by atoms with van der Waals surface area (Å²) >= 11 is 4.79. The number of fused-ring (bicyclic) bond motifs is 3. The average Bonchev–Trinajstić information content (AvgIpc) is 3.35. The zero-order valence-corrected chi connectivity index (χ0v) is 20.8. The van der Waals surface area contributed by atoms with Gasteiger partial charge in [-0.15, -0.1) is 0 Å². The molecule has 0 aliphatic rings. The molecule has 0 atom stereocenters. The summed E-state index contributed by atoms with van der Waals surface area (Å²) in [5.74, 6) is 2.04. The Morgan fingerprint density at radius 1 is 0.971 bits per heavy atom. The molecule has 5 aromatic rings. The van der Waals surface area contributed by atoms with Crippen LogP contribution in [0.15, 0.2) is 76.0 Å². The van der Waals surface area contributed by atoms with Crippen molar-refractivity contribution in [1.29, 1.82) is 0 Å². The van der Waals surface area contributed by atoms with Gasteiger partial charge in [0.05, 0.1) is 22.2 Å². The molecule has 0 saturated heterocycles. The third kappa shape index (κ3) is 4.64. The van der Waals surface area contributed by atoms with Crippen molar-refractivity contribution in [3.05, 3.63) is 91.7 Å². The number of nitrogens with zero attached hydrogens (tertiary/aromatic N) is 2. The Morgan fingerprint density at radius 3 is 2.59 bits per heavy atom. The largest absolute Gasteiger partial charge is 0.490 e. The van der Waals surface area contributed by atoms with Crippen LogP contribution in [0.1, 0.15) is 12.5 Å². The van der Waals surface area contributed by atoms with E-state index < -0.39 is 0 Å². The number of benzene rings is 3. The van der Waals surface area contributed by atoms with Gasteiger partial charge in [0.1, 0.15) is 19.0 Å². The third-order valence-electron chi connectivity index (χ3n) is 5.13. The maximum absolute atomic E-state index is 13.0. The molecule has 2 aromatic heterocycles. The highest BCUT2D eigenvalue weighted by molar-refractivity contribution is 9.10. The van der Waals surface area contributed by atoms with Crippen LogP contribution in [-0.2, 0) is 0 Å². The Kier molecular flexibility index (Phi) is 6.51. The van der Waals surface area contributed by atoms with Crippen molar-refractivity contribution in [3.8, 4) is 17.2 Å². The maximum atomic E-state index is 13.0. The molecule has 3 aromatic carbocycles. The summed E-state index contributed by atoms with van der Waals surface area (Å²) in [6.45, 7) is 3.20. The van der Waals surface area contributed by atoms with E-state index in [0.29, 0.717) is 40.8 Å². The number of halogens is 1. The number of imidazole rings is 1. The minimum absolute atomic E-state index is 0.0722. The molecular formula is C26H21BrN2O4S. The molecule has 8 heteroatoms. The highest BCUT2D eigenvalue weighted by Crippen LogP contribution is 2.29. The van der Waals surface area contributed by atoms with Gasteiger partial charge in [-0.2, -0.15) is 0 Å². The van der Waals surface area contributed by atoms with E-state index in [0.717, 1.165) is 26.8 Å². The fraction of sp³-hybridized carbons (Fsp3) is 0.154. The number of hydrogen-bond acceptors (Lipinski definition) is 6. The molecule has 0 aliphatic heterocycles. The second-order valence-corrected chi connectivity index (χ2v) is 9.35. The first-order chi connectivity index (χ1) is 16.6. The SMILES string of the molecule is CCOc1cc(/C=c2\sc3nc4ccccc4n3c2=O)ccc1OCCOc1ccc(Br)cc1. The Hall–Kier alpha value is -3.36. The van der Waals surface area contributed by atoms with E-state index >= 15 is 0 Å². The first-order valence-corrected chi connectivity index (χ1v) is 12.4. The van der Waals surface area contributed by atoms with Gasteiger partial charge in [-0.25, -0.2) is 9.38 Å². The van der Waals surface area contributed by atoms with Gasteiger partial charge < -0.3 is 14.2 Å². The van der Waals surface area contributed by atoms with Crippen LogP contribution >= 0.6 is 27.3 Å². The van der Waals surface area contributed by atoms with Crippen molar-refractivity contribution in [2.24, 2.45) is 0 Å². The molecular weight excluding hydrogens is 516 g/mol. The quantitative estimate of drug-likeness (QED) is 0.259. The van der Waals surface area contributed by atoms with Gasteiger partial charge in [-0.05, 0) is 67.1 Å². The number of para-hydroxylation sites is 2. The van der Waals surface area contributed by atoms with Crippen LogP contribution < -0.4 is 24.3 Å². The lowest BCUT2D eigenvalue weighted by molar-refractivity contribution is 0.208. The Labute approximate surface area is 208 Å². The van der Waals surface area contributed by atoms with E-state index in [9.17, 15) is 4.79 Å². The van der Waals surface area contributed by atoms with Crippen molar-refractivity contribution in [2.75, 3.05) is 19.8 Å². The van der Waals surface area contributed by atoms with Gasteiger partial charge in [0, 0.05) is 4.47 Å². The van der Waals surface area contributed by atoms with Gasteiger partial charge in [0.25, 0.3) is 5.56 Å². The standard InChI is InChI=1S/C26H21BrN2O4S/c1-2-31-23-15-17(7-12-22(23)33-14-13-32-19-10-8-18(27)9-11-19)16-24-25(30)29-21-6-4-3-5-20(21)28-26(29)34-24/h3-12,15-16H,2,13-14H2,1H3/b24-16-. The fourth-order valence-electron chi connectivity index (χ4n) is 3.61. The topological polar surface area (TPSA) is 62.1 Å². The Morgan fingerprint density at radius 2 is 1.76 bits per heavy atom. The predicted octanol–water partition coefficient (Wildman–Crippen LogP) is 5.08. The van der Waals surface area contributed by atoms with E-state index in [1.54, 1.807) is 4.40 Å². The van der Waals surface area contributed by atoms with Gasteiger partial charge in [-0.3, -0.25) is 4.79 Å². The zero-order valence-electron chi connectivity index (χ0n) is 18.4. The third-order valence-corrected chi connectivity index (χ3v) is 6.63. The van der Waals surface area contributed by atoms with E-state index in [-0.39, 0.29) is 5.56 Å². The van der Waals surface area contributed by atoms with Crippen molar-refractivity contribution in [2.45, 2.75) is 6.92 Å². The summed E-state index contributed by atoms with van der Waals surface area (Å²) in [7, 11) is 0. The van der Waals surface area contributed by atoms with E-state index in [1.807, 2.05) is 79.7 Å². The highest BCUT2D eigenvalue weighted by atomic mass is 79.9. The fourth-order valence-corrected chi connectivity index (χ4v) is 4.86.